The molecule has 0 aromatic heterocycles. The number of benzene rings is 1. The Bertz CT molecular complexity index is 665. The van der Waals surface area contributed by atoms with E-state index in [1.54, 1.807) is 0 Å². The molecule has 1 rings (SSSR count). The van der Waals surface area contributed by atoms with Crippen molar-refractivity contribution in [3.05, 3.63) is 35.4 Å². The van der Waals surface area contributed by atoms with Gasteiger partial charge in [-0.25, -0.2) is 8.42 Å². The van der Waals surface area contributed by atoms with Crippen LogP contribution in [0.4, 0.5) is 13.2 Å². The molecule has 1 unspecified atom stereocenters. The van der Waals surface area contributed by atoms with Gasteiger partial charge in [0.2, 0.25) is 5.91 Å². The van der Waals surface area contributed by atoms with E-state index < -0.39 is 33.5 Å². The summed E-state index contributed by atoms with van der Waals surface area (Å²) in [6.07, 6.45) is -3.45. The third kappa shape index (κ3) is 7.50. The van der Waals surface area contributed by atoms with Crippen molar-refractivity contribution in [2.75, 3.05) is 19.1 Å². The van der Waals surface area contributed by atoms with Gasteiger partial charge in [0, 0.05) is 19.8 Å². The molecule has 0 radical (unpaired) electrons. The molecule has 2 N–H and O–H groups in total. The molecule has 0 heterocycles. The lowest BCUT2D eigenvalue weighted by atomic mass is 10.1. The van der Waals surface area contributed by atoms with Crippen molar-refractivity contribution in [1.29, 1.82) is 0 Å². The number of sulfone groups is 1. The predicted molar refractivity (Wildman–Crippen MR) is 87.5 cm³/mol. The monoisotopic (exact) mass is 388 g/mol. The molecule has 0 aliphatic carbocycles. The number of rotatable bonds is 6. The fourth-order valence-corrected chi connectivity index (χ4v) is 2.63. The molecule has 1 aromatic carbocycles. The van der Waals surface area contributed by atoms with E-state index in [1.165, 1.54) is 24.1 Å². The minimum absolute atomic E-state index is 0. The van der Waals surface area contributed by atoms with Gasteiger partial charge in [0.25, 0.3) is 0 Å². The standard InChI is InChI=1S/C14H19F3N2O3S.ClH/c1-19(13(20)12(18)6-7-23(2,21)22)9-10-4-3-5-11(8-10)14(15,16)17;/h3-5,8,12H,6-7,9,18H2,1-2H3;1H. The second kappa shape index (κ2) is 8.68. The molecule has 0 aliphatic rings. The summed E-state index contributed by atoms with van der Waals surface area (Å²) >= 11 is 0. The van der Waals surface area contributed by atoms with Crippen molar-refractivity contribution < 1.29 is 26.4 Å². The number of hydrogen-bond donors (Lipinski definition) is 1. The maximum Gasteiger partial charge on any atom is 0.416 e. The Morgan fingerprint density at radius 3 is 2.42 bits per heavy atom. The topological polar surface area (TPSA) is 80.5 Å². The summed E-state index contributed by atoms with van der Waals surface area (Å²) in [5.41, 5.74) is 5.16. The van der Waals surface area contributed by atoms with Crippen LogP contribution in [-0.4, -0.2) is 44.3 Å². The van der Waals surface area contributed by atoms with Gasteiger partial charge in [-0.15, -0.1) is 12.4 Å². The van der Waals surface area contributed by atoms with E-state index in [2.05, 4.69) is 0 Å². The van der Waals surface area contributed by atoms with E-state index >= 15 is 0 Å². The summed E-state index contributed by atoms with van der Waals surface area (Å²) < 4.78 is 60.1. The minimum atomic E-state index is -4.45. The van der Waals surface area contributed by atoms with E-state index in [4.69, 9.17) is 5.73 Å². The predicted octanol–water partition coefficient (Wildman–Crippen LogP) is 1.85. The smallest absolute Gasteiger partial charge is 0.340 e. The molecule has 1 aromatic rings. The Morgan fingerprint density at radius 2 is 1.92 bits per heavy atom. The second-order valence-electron chi connectivity index (χ2n) is 5.42. The second-order valence-corrected chi connectivity index (χ2v) is 7.68. The number of nitrogens with zero attached hydrogens (tertiary/aromatic N) is 1. The van der Waals surface area contributed by atoms with Gasteiger partial charge in [0.15, 0.2) is 0 Å². The molecule has 138 valence electrons. The maximum atomic E-state index is 12.6. The summed E-state index contributed by atoms with van der Waals surface area (Å²) in [5, 5.41) is 0. The van der Waals surface area contributed by atoms with Crippen LogP contribution < -0.4 is 5.73 Å². The number of halogens is 4. The van der Waals surface area contributed by atoms with Gasteiger partial charge in [-0.2, -0.15) is 13.2 Å². The third-order valence-corrected chi connectivity index (χ3v) is 4.14. The van der Waals surface area contributed by atoms with Gasteiger partial charge in [0.1, 0.15) is 9.84 Å². The first kappa shape index (κ1) is 22.7. The largest absolute Gasteiger partial charge is 0.416 e. The Labute approximate surface area is 145 Å². The summed E-state index contributed by atoms with van der Waals surface area (Å²) in [6.45, 7) is -0.0463. The summed E-state index contributed by atoms with van der Waals surface area (Å²) in [6, 6.07) is 3.64. The van der Waals surface area contributed by atoms with Gasteiger partial charge in [0.05, 0.1) is 17.4 Å². The van der Waals surface area contributed by atoms with Crippen LogP contribution in [0.1, 0.15) is 17.5 Å². The molecule has 1 amide bonds. The van der Waals surface area contributed by atoms with Crippen molar-refractivity contribution in [3.63, 3.8) is 0 Å². The summed E-state index contributed by atoms with van der Waals surface area (Å²) in [4.78, 5) is 13.2. The Morgan fingerprint density at radius 1 is 1.33 bits per heavy atom. The van der Waals surface area contributed by atoms with Crippen LogP contribution >= 0.6 is 12.4 Å². The van der Waals surface area contributed by atoms with Crippen molar-refractivity contribution in [2.45, 2.75) is 25.2 Å². The first-order chi connectivity index (χ1) is 10.4. The van der Waals surface area contributed by atoms with Gasteiger partial charge in [-0.1, -0.05) is 12.1 Å². The number of carbonyl (C=O) groups is 1. The number of nitrogens with two attached hydrogens (primary N) is 1. The van der Waals surface area contributed by atoms with Gasteiger partial charge >= 0.3 is 6.18 Å². The molecule has 5 nitrogen and oxygen atoms in total. The zero-order valence-electron chi connectivity index (χ0n) is 13.2. The summed E-state index contributed by atoms with van der Waals surface area (Å²) in [7, 11) is -1.83. The van der Waals surface area contributed by atoms with E-state index in [-0.39, 0.29) is 31.1 Å². The van der Waals surface area contributed by atoms with Crippen molar-refractivity contribution in [3.8, 4) is 0 Å². The Kier molecular flexibility index (Phi) is 8.20. The molecule has 24 heavy (non-hydrogen) atoms. The van der Waals surface area contributed by atoms with E-state index in [9.17, 15) is 26.4 Å². The zero-order valence-corrected chi connectivity index (χ0v) is 14.8. The van der Waals surface area contributed by atoms with E-state index in [0.717, 1.165) is 18.4 Å². The first-order valence-electron chi connectivity index (χ1n) is 6.74. The Hall–Kier alpha value is -1.32. The van der Waals surface area contributed by atoms with Crippen molar-refractivity contribution >= 4 is 28.2 Å². The fraction of sp³-hybridized carbons (Fsp3) is 0.500. The van der Waals surface area contributed by atoms with Crippen LogP contribution in [0.25, 0.3) is 0 Å². The molecule has 0 saturated heterocycles. The average Bonchev–Trinajstić information content (AvgIpc) is 2.42. The molecule has 1 atom stereocenters. The molecule has 10 heteroatoms. The highest BCUT2D eigenvalue weighted by Gasteiger charge is 2.30. The van der Waals surface area contributed by atoms with Crippen LogP contribution in [0, 0.1) is 0 Å². The molecule has 0 saturated carbocycles. The highest BCUT2D eigenvalue weighted by molar-refractivity contribution is 7.90. The van der Waals surface area contributed by atoms with Crippen LogP contribution in [0.15, 0.2) is 24.3 Å². The molecule has 0 fully saturated rings. The van der Waals surface area contributed by atoms with E-state index in [0.29, 0.717) is 5.56 Å². The fourth-order valence-electron chi connectivity index (χ4n) is 1.95. The zero-order chi connectivity index (χ0) is 17.8. The van der Waals surface area contributed by atoms with E-state index in [1.807, 2.05) is 0 Å². The summed E-state index contributed by atoms with van der Waals surface area (Å²) in [5.74, 6) is -0.747. The molecular formula is C14H20ClF3N2O3S. The number of hydrogen-bond acceptors (Lipinski definition) is 4. The van der Waals surface area contributed by atoms with Crippen LogP contribution in [-0.2, 0) is 27.4 Å². The highest BCUT2D eigenvalue weighted by Crippen LogP contribution is 2.29. The van der Waals surface area contributed by atoms with Crippen LogP contribution in [0.2, 0.25) is 0 Å². The average molecular weight is 389 g/mol. The van der Waals surface area contributed by atoms with Crippen molar-refractivity contribution in [1.82, 2.24) is 4.90 Å². The molecular weight excluding hydrogens is 369 g/mol. The molecule has 0 spiro atoms. The lowest BCUT2D eigenvalue weighted by molar-refractivity contribution is -0.137. The van der Waals surface area contributed by atoms with Gasteiger partial charge in [-0.3, -0.25) is 4.79 Å². The minimum Gasteiger partial charge on any atom is -0.340 e. The highest BCUT2D eigenvalue weighted by atomic mass is 35.5. The van der Waals surface area contributed by atoms with Gasteiger partial charge in [-0.05, 0) is 24.1 Å². The lowest BCUT2D eigenvalue weighted by Gasteiger charge is -2.21. The SMILES string of the molecule is CN(Cc1cccc(C(F)(F)F)c1)C(=O)C(N)CCS(C)(=O)=O.Cl. The third-order valence-electron chi connectivity index (χ3n) is 3.17. The quantitative estimate of drug-likeness (QED) is 0.806. The van der Waals surface area contributed by atoms with Crippen LogP contribution in [0.5, 0.6) is 0 Å². The van der Waals surface area contributed by atoms with Crippen molar-refractivity contribution in [2.24, 2.45) is 5.73 Å². The first-order valence-corrected chi connectivity index (χ1v) is 8.80. The normalized spacial score (nSPS) is 13.1. The number of carbonyl (C=O) groups excluding carboxylic acids is 1. The number of alkyl halides is 3. The number of likely N-dealkylation sites (N-methyl/N-ethyl adjacent to an activating group) is 1. The molecule has 0 bridgehead atoms. The maximum absolute atomic E-state index is 12.6. The van der Waals surface area contributed by atoms with Gasteiger partial charge < -0.3 is 10.6 Å². The lowest BCUT2D eigenvalue weighted by Crippen LogP contribution is -2.42. The Balaban J connectivity index is 0.00000529. The van der Waals surface area contributed by atoms with Crippen LogP contribution in [0.3, 0.4) is 0 Å². The molecule has 0 aliphatic heterocycles. The number of amides is 1.